The van der Waals surface area contributed by atoms with Crippen LogP contribution in [-0.4, -0.2) is 51.3 Å². The van der Waals surface area contributed by atoms with E-state index in [4.69, 9.17) is 4.74 Å². The Morgan fingerprint density at radius 1 is 1.22 bits per heavy atom. The zero-order valence-corrected chi connectivity index (χ0v) is 12.6. The number of unbranched alkanes of at least 4 members (excludes halogenated alkanes) is 1. The van der Waals surface area contributed by atoms with Crippen molar-refractivity contribution in [3.8, 4) is 0 Å². The van der Waals surface area contributed by atoms with Gasteiger partial charge in [0.1, 0.15) is 0 Å². The van der Waals surface area contributed by atoms with Crippen LogP contribution in [-0.2, 0) is 4.74 Å². The molecule has 1 unspecified atom stereocenters. The highest BCUT2D eigenvalue weighted by Crippen LogP contribution is 2.21. The summed E-state index contributed by atoms with van der Waals surface area (Å²) in [7, 11) is 4.32. The Morgan fingerprint density at radius 3 is 2.56 bits per heavy atom. The van der Waals surface area contributed by atoms with E-state index in [1.807, 2.05) is 0 Å². The van der Waals surface area contributed by atoms with E-state index in [0.29, 0.717) is 6.04 Å². The van der Waals surface area contributed by atoms with Crippen molar-refractivity contribution in [2.24, 2.45) is 5.92 Å². The van der Waals surface area contributed by atoms with Gasteiger partial charge >= 0.3 is 0 Å². The van der Waals surface area contributed by atoms with Gasteiger partial charge in [0.25, 0.3) is 0 Å². The second-order valence-corrected chi connectivity index (χ2v) is 5.86. The summed E-state index contributed by atoms with van der Waals surface area (Å²) in [4.78, 5) is 2.28. The smallest absolute Gasteiger partial charge is 0.0468 e. The fraction of sp³-hybridized carbons (Fsp3) is 1.00. The molecule has 1 rings (SSSR count). The predicted octanol–water partition coefficient (Wildman–Crippen LogP) is 2.51. The lowest BCUT2D eigenvalue weighted by molar-refractivity contribution is 0.0630. The van der Waals surface area contributed by atoms with E-state index in [0.717, 1.165) is 32.2 Å². The van der Waals surface area contributed by atoms with Gasteiger partial charge in [0, 0.05) is 25.8 Å². The second-order valence-electron chi connectivity index (χ2n) is 5.86. The van der Waals surface area contributed by atoms with Crippen molar-refractivity contribution in [3.63, 3.8) is 0 Å². The van der Waals surface area contributed by atoms with Gasteiger partial charge in [-0.3, -0.25) is 0 Å². The van der Waals surface area contributed by atoms with Crippen molar-refractivity contribution in [2.45, 2.75) is 51.5 Å². The molecule has 0 amide bonds. The molecule has 1 aliphatic rings. The highest BCUT2D eigenvalue weighted by atomic mass is 16.5. The van der Waals surface area contributed by atoms with Crippen LogP contribution in [0.3, 0.4) is 0 Å². The van der Waals surface area contributed by atoms with E-state index in [9.17, 15) is 0 Å². The van der Waals surface area contributed by atoms with E-state index in [1.165, 1.54) is 38.5 Å². The van der Waals surface area contributed by atoms with E-state index < -0.39 is 0 Å². The molecule has 0 spiro atoms. The second kappa shape index (κ2) is 9.76. The van der Waals surface area contributed by atoms with Gasteiger partial charge in [0.15, 0.2) is 0 Å². The van der Waals surface area contributed by atoms with Crippen molar-refractivity contribution >= 4 is 0 Å². The molecule has 0 aliphatic carbocycles. The highest BCUT2D eigenvalue weighted by molar-refractivity contribution is 4.70. The molecule has 0 saturated carbocycles. The number of hydrogen-bond acceptors (Lipinski definition) is 3. The lowest BCUT2D eigenvalue weighted by atomic mass is 9.93. The monoisotopic (exact) mass is 256 g/mol. The third-order valence-electron chi connectivity index (χ3n) is 3.83. The lowest BCUT2D eigenvalue weighted by Crippen LogP contribution is -2.38. The molecule has 1 heterocycles. The largest absolute Gasteiger partial charge is 0.381 e. The van der Waals surface area contributed by atoms with Crippen LogP contribution in [0.15, 0.2) is 0 Å². The van der Waals surface area contributed by atoms with Crippen LogP contribution >= 0.6 is 0 Å². The number of hydrogen-bond donors (Lipinski definition) is 1. The van der Waals surface area contributed by atoms with Gasteiger partial charge < -0.3 is 15.0 Å². The van der Waals surface area contributed by atoms with Crippen LogP contribution in [0.1, 0.15) is 45.4 Å². The maximum absolute atomic E-state index is 5.40. The fourth-order valence-electron chi connectivity index (χ4n) is 2.85. The standard InChI is InChI=1S/C15H32N2O/c1-4-16-15(13-17(2)3)8-6-5-7-14-9-11-18-12-10-14/h14-16H,4-13H2,1-3H3. The third kappa shape index (κ3) is 7.34. The number of likely N-dealkylation sites (N-methyl/N-ethyl adjacent to an activating group) is 2. The molecule has 0 aromatic heterocycles. The molecule has 3 nitrogen and oxygen atoms in total. The van der Waals surface area contributed by atoms with Gasteiger partial charge in [-0.25, -0.2) is 0 Å². The van der Waals surface area contributed by atoms with E-state index in [-0.39, 0.29) is 0 Å². The summed E-state index contributed by atoms with van der Waals surface area (Å²) >= 11 is 0. The van der Waals surface area contributed by atoms with Crippen molar-refractivity contribution in [1.82, 2.24) is 10.2 Å². The van der Waals surface area contributed by atoms with Crippen LogP contribution in [0.2, 0.25) is 0 Å². The molecule has 1 saturated heterocycles. The topological polar surface area (TPSA) is 24.5 Å². The first kappa shape index (κ1) is 15.9. The summed E-state index contributed by atoms with van der Waals surface area (Å²) in [6.07, 6.45) is 8.05. The van der Waals surface area contributed by atoms with Gasteiger partial charge in [0.05, 0.1) is 0 Å². The van der Waals surface area contributed by atoms with Crippen LogP contribution in [0, 0.1) is 5.92 Å². The molecule has 1 N–H and O–H groups in total. The van der Waals surface area contributed by atoms with E-state index in [2.05, 4.69) is 31.2 Å². The number of ether oxygens (including phenoxy) is 1. The lowest BCUT2D eigenvalue weighted by Gasteiger charge is -2.23. The highest BCUT2D eigenvalue weighted by Gasteiger charge is 2.14. The van der Waals surface area contributed by atoms with Crippen LogP contribution in [0.4, 0.5) is 0 Å². The zero-order chi connectivity index (χ0) is 13.2. The predicted molar refractivity (Wildman–Crippen MR) is 78.0 cm³/mol. The van der Waals surface area contributed by atoms with E-state index >= 15 is 0 Å². The fourth-order valence-corrected chi connectivity index (χ4v) is 2.85. The summed E-state index contributed by atoms with van der Waals surface area (Å²) in [5, 5.41) is 3.59. The molecule has 1 atom stereocenters. The molecule has 0 aromatic rings. The van der Waals surface area contributed by atoms with Crippen LogP contribution in [0.5, 0.6) is 0 Å². The zero-order valence-electron chi connectivity index (χ0n) is 12.6. The molecule has 108 valence electrons. The van der Waals surface area contributed by atoms with Crippen molar-refractivity contribution in [2.75, 3.05) is 40.4 Å². The summed E-state index contributed by atoms with van der Waals surface area (Å²) in [6.45, 7) is 6.42. The van der Waals surface area contributed by atoms with Gasteiger partial charge in [-0.1, -0.05) is 26.2 Å². The molecule has 0 radical (unpaired) electrons. The normalized spacial score (nSPS) is 19.3. The van der Waals surface area contributed by atoms with Gasteiger partial charge in [-0.2, -0.15) is 0 Å². The minimum atomic E-state index is 0.666. The Bertz CT molecular complexity index is 191. The molecule has 0 aromatic carbocycles. The summed E-state index contributed by atoms with van der Waals surface area (Å²) < 4.78 is 5.40. The first-order valence-corrected chi connectivity index (χ1v) is 7.68. The SMILES string of the molecule is CCNC(CCCCC1CCOCC1)CN(C)C. The molecular weight excluding hydrogens is 224 g/mol. The maximum atomic E-state index is 5.40. The summed E-state index contributed by atoms with van der Waals surface area (Å²) in [6, 6.07) is 0.666. The van der Waals surface area contributed by atoms with Gasteiger partial charge in [0.2, 0.25) is 0 Å². The molecular formula is C15H32N2O. The van der Waals surface area contributed by atoms with Gasteiger partial charge in [-0.15, -0.1) is 0 Å². The van der Waals surface area contributed by atoms with Crippen molar-refractivity contribution in [3.05, 3.63) is 0 Å². The minimum Gasteiger partial charge on any atom is -0.381 e. The Hall–Kier alpha value is -0.120. The average molecular weight is 256 g/mol. The molecule has 18 heavy (non-hydrogen) atoms. The summed E-state index contributed by atoms with van der Waals surface area (Å²) in [5.41, 5.74) is 0. The molecule has 3 heteroatoms. The number of nitrogens with zero attached hydrogens (tertiary/aromatic N) is 1. The first-order valence-electron chi connectivity index (χ1n) is 7.68. The van der Waals surface area contributed by atoms with Crippen LogP contribution in [0.25, 0.3) is 0 Å². The maximum Gasteiger partial charge on any atom is 0.0468 e. The van der Waals surface area contributed by atoms with Crippen molar-refractivity contribution < 1.29 is 4.74 Å². The Morgan fingerprint density at radius 2 is 1.94 bits per heavy atom. The molecule has 1 aliphatic heterocycles. The minimum absolute atomic E-state index is 0.666. The quantitative estimate of drug-likeness (QED) is 0.642. The molecule has 1 fully saturated rings. The average Bonchev–Trinajstić information content (AvgIpc) is 2.35. The number of rotatable bonds is 9. The van der Waals surface area contributed by atoms with Crippen LogP contribution < -0.4 is 5.32 Å². The Labute approximate surface area is 113 Å². The van der Waals surface area contributed by atoms with E-state index in [1.54, 1.807) is 0 Å². The summed E-state index contributed by atoms with van der Waals surface area (Å²) in [5.74, 6) is 0.935. The third-order valence-corrected chi connectivity index (χ3v) is 3.83. The van der Waals surface area contributed by atoms with Crippen molar-refractivity contribution in [1.29, 1.82) is 0 Å². The first-order chi connectivity index (χ1) is 8.72. The van der Waals surface area contributed by atoms with Gasteiger partial charge in [-0.05, 0) is 45.8 Å². The number of nitrogens with one attached hydrogen (secondary N) is 1. The Balaban J connectivity index is 2.06. The molecule has 0 bridgehead atoms. The Kier molecular flexibility index (Phi) is 8.64.